The lowest BCUT2D eigenvalue weighted by atomic mass is 10.1. The van der Waals surface area contributed by atoms with Gasteiger partial charge in [-0.1, -0.05) is 30.5 Å². The van der Waals surface area contributed by atoms with Gasteiger partial charge in [-0.2, -0.15) is 0 Å². The molecular formula is C20H26ClN3O4S. The van der Waals surface area contributed by atoms with Gasteiger partial charge in [0, 0.05) is 23.8 Å². The minimum atomic E-state index is -3.28. The molecule has 0 radical (unpaired) electrons. The highest BCUT2D eigenvalue weighted by atomic mass is 35.5. The summed E-state index contributed by atoms with van der Waals surface area (Å²) in [6, 6.07) is 3.96. The fraction of sp³-hybridized carbons (Fsp3) is 0.600. The number of amides is 3. The molecule has 7 nitrogen and oxygen atoms in total. The molecule has 3 amide bonds. The summed E-state index contributed by atoms with van der Waals surface area (Å²) in [4.78, 5) is 30.9. The van der Waals surface area contributed by atoms with Crippen molar-refractivity contribution in [2.24, 2.45) is 0 Å². The lowest BCUT2D eigenvalue weighted by molar-refractivity contribution is -0.131. The Bertz CT molecular complexity index is 928. The van der Waals surface area contributed by atoms with Gasteiger partial charge in [-0.15, -0.1) is 0 Å². The molecule has 0 aliphatic carbocycles. The predicted molar refractivity (Wildman–Crippen MR) is 112 cm³/mol. The van der Waals surface area contributed by atoms with Gasteiger partial charge < -0.3 is 9.80 Å². The molecular weight excluding hydrogens is 414 g/mol. The van der Waals surface area contributed by atoms with Gasteiger partial charge in [0.15, 0.2) is 9.84 Å². The number of likely N-dealkylation sites (tertiary alicyclic amines) is 1. The Hall–Kier alpha value is -1.80. The Morgan fingerprint density at radius 3 is 2.41 bits per heavy atom. The number of hydrogen-bond acceptors (Lipinski definition) is 4. The Labute approximate surface area is 176 Å². The van der Waals surface area contributed by atoms with E-state index in [2.05, 4.69) is 0 Å². The van der Waals surface area contributed by atoms with Crippen LogP contribution in [-0.2, 0) is 14.6 Å². The van der Waals surface area contributed by atoms with Crippen molar-refractivity contribution in [3.8, 4) is 0 Å². The number of aryl methyl sites for hydroxylation is 1. The number of rotatable bonds is 3. The van der Waals surface area contributed by atoms with Crippen LogP contribution in [0.4, 0.5) is 10.5 Å². The third-order valence-corrected chi connectivity index (χ3v) is 8.28. The summed E-state index contributed by atoms with van der Waals surface area (Å²) in [6.45, 7) is 3.19. The number of benzene rings is 1. The monoisotopic (exact) mass is 439 g/mol. The standard InChI is InChI=1S/C20H26ClN3O4S/c1-14-6-7-15(10-16(14)21)24-18-13-29(27,28)12-17(18)23(20(24)26)11-19(25)22-8-4-2-3-5-9-22/h6-7,10,17-18H,2-5,8-9,11-13H2,1H3/t17-,18+/m0/s1. The van der Waals surface area contributed by atoms with E-state index in [-0.39, 0.29) is 30.0 Å². The zero-order valence-corrected chi connectivity index (χ0v) is 18.1. The largest absolute Gasteiger partial charge is 0.341 e. The number of fused-ring (bicyclic) bond motifs is 1. The van der Waals surface area contributed by atoms with Gasteiger partial charge in [0.05, 0.1) is 23.6 Å². The van der Waals surface area contributed by atoms with Crippen LogP contribution in [0.3, 0.4) is 0 Å². The number of carbonyl (C=O) groups excluding carboxylic acids is 2. The van der Waals surface area contributed by atoms with E-state index in [0.29, 0.717) is 23.8 Å². The van der Waals surface area contributed by atoms with Crippen LogP contribution in [0.25, 0.3) is 0 Å². The molecule has 3 aliphatic rings. The molecule has 158 valence electrons. The number of urea groups is 1. The van der Waals surface area contributed by atoms with E-state index in [4.69, 9.17) is 11.6 Å². The molecule has 0 saturated carbocycles. The van der Waals surface area contributed by atoms with Crippen molar-refractivity contribution in [1.29, 1.82) is 0 Å². The minimum Gasteiger partial charge on any atom is -0.341 e. The molecule has 1 aromatic carbocycles. The number of sulfone groups is 1. The molecule has 0 unspecified atom stereocenters. The maximum absolute atomic E-state index is 13.3. The normalized spacial score (nSPS) is 26.6. The van der Waals surface area contributed by atoms with Crippen molar-refractivity contribution in [1.82, 2.24) is 9.80 Å². The van der Waals surface area contributed by atoms with E-state index in [0.717, 1.165) is 31.2 Å². The van der Waals surface area contributed by atoms with Gasteiger partial charge in [0.25, 0.3) is 0 Å². The van der Waals surface area contributed by atoms with Gasteiger partial charge in [0.2, 0.25) is 5.91 Å². The lowest BCUT2D eigenvalue weighted by Gasteiger charge is -2.26. The van der Waals surface area contributed by atoms with Crippen molar-refractivity contribution in [3.63, 3.8) is 0 Å². The molecule has 1 aromatic rings. The van der Waals surface area contributed by atoms with Crippen LogP contribution in [0.15, 0.2) is 18.2 Å². The number of nitrogens with zero attached hydrogens (tertiary/aromatic N) is 3. The average molecular weight is 440 g/mol. The van der Waals surface area contributed by atoms with E-state index in [9.17, 15) is 18.0 Å². The summed E-state index contributed by atoms with van der Waals surface area (Å²) >= 11 is 6.25. The highest BCUT2D eigenvalue weighted by molar-refractivity contribution is 7.91. The van der Waals surface area contributed by atoms with Crippen molar-refractivity contribution in [2.75, 3.05) is 36.0 Å². The number of anilines is 1. The topological polar surface area (TPSA) is 78.0 Å². The SMILES string of the molecule is Cc1ccc(N2C(=O)N(CC(=O)N3CCCCCC3)[C@H]3CS(=O)(=O)C[C@H]32)cc1Cl. The number of carbonyl (C=O) groups is 2. The maximum atomic E-state index is 13.3. The molecule has 29 heavy (non-hydrogen) atoms. The van der Waals surface area contributed by atoms with Crippen molar-refractivity contribution >= 4 is 39.1 Å². The maximum Gasteiger partial charge on any atom is 0.325 e. The van der Waals surface area contributed by atoms with Crippen LogP contribution in [0.1, 0.15) is 31.2 Å². The molecule has 0 bridgehead atoms. The number of hydrogen-bond donors (Lipinski definition) is 0. The summed E-state index contributed by atoms with van der Waals surface area (Å²) < 4.78 is 24.7. The predicted octanol–water partition coefficient (Wildman–Crippen LogP) is 2.46. The molecule has 3 aliphatic heterocycles. The highest BCUT2D eigenvalue weighted by Gasteiger charge is 2.54. The summed E-state index contributed by atoms with van der Waals surface area (Å²) in [5, 5.41) is 0.520. The number of halogens is 1. The van der Waals surface area contributed by atoms with Gasteiger partial charge in [-0.05, 0) is 37.5 Å². The van der Waals surface area contributed by atoms with E-state index in [1.54, 1.807) is 12.1 Å². The summed E-state index contributed by atoms with van der Waals surface area (Å²) in [5.41, 5.74) is 1.45. The van der Waals surface area contributed by atoms with Crippen LogP contribution in [-0.4, -0.2) is 73.4 Å². The second-order valence-corrected chi connectivity index (χ2v) is 10.8. The highest BCUT2D eigenvalue weighted by Crippen LogP contribution is 2.36. The van der Waals surface area contributed by atoms with Crippen LogP contribution in [0.5, 0.6) is 0 Å². The zero-order chi connectivity index (χ0) is 20.8. The lowest BCUT2D eigenvalue weighted by Crippen LogP contribution is -2.46. The Morgan fingerprint density at radius 1 is 1.10 bits per heavy atom. The van der Waals surface area contributed by atoms with Gasteiger partial charge in [-0.25, -0.2) is 13.2 Å². The molecule has 3 heterocycles. The van der Waals surface area contributed by atoms with Crippen LogP contribution in [0.2, 0.25) is 5.02 Å². The summed E-state index contributed by atoms with van der Waals surface area (Å²) in [6.07, 6.45) is 4.15. The Morgan fingerprint density at radius 2 is 1.76 bits per heavy atom. The van der Waals surface area contributed by atoms with Crippen molar-refractivity contribution in [3.05, 3.63) is 28.8 Å². The van der Waals surface area contributed by atoms with Gasteiger partial charge in [-0.3, -0.25) is 9.69 Å². The summed E-state index contributed by atoms with van der Waals surface area (Å²) in [7, 11) is -3.28. The molecule has 3 fully saturated rings. The Balaban J connectivity index is 1.61. The second kappa shape index (κ2) is 7.80. The van der Waals surface area contributed by atoms with E-state index >= 15 is 0 Å². The van der Waals surface area contributed by atoms with Crippen molar-refractivity contribution in [2.45, 2.75) is 44.7 Å². The van der Waals surface area contributed by atoms with Crippen LogP contribution in [0, 0.1) is 6.92 Å². The molecule has 0 N–H and O–H groups in total. The zero-order valence-electron chi connectivity index (χ0n) is 16.5. The smallest absolute Gasteiger partial charge is 0.325 e. The first-order valence-electron chi connectivity index (χ1n) is 10.1. The molecule has 9 heteroatoms. The quantitative estimate of drug-likeness (QED) is 0.678. The molecule has 4 rings (SSSR count). The third-order valence-electron chi connectivity index (χ3n) is 6.18. The second-order valence-electron chi connectivity index (χ2n) is 8.22. The molecule has 0 spiro atoms. The van der Waals surface area contributed by atoms with E-state index in [1.165, 1.54) is 9.80 Å². The van der Waals surface area contributed by atoms with E-state index < -0.39 is 21.9 Å². The first-order chi connectivity index (χ1) is 13.8. The van der Waals surface area contributed by atoms with Crippen LogP contribution < -0.4 is 4.90 Å². The molecule has 0 aromatic heterocycles. The average Bonchev–Trinajstić information content (AvgIpc) is 2.95. The third kappa shape index (κ3) is 3.97. The van der Waals surface area contributed by atoms with E-state index in [1.807, 2.05) is 17.9 Å². The Kier molecular flexibility index (Phi) is 5.50. The van der Waals surface area contributed by atoms with Crippen LogP contribution >= 0.6 is 11.6 Å². The molecule has 3 saturated heterocycles. The van der Waals surface area contributed by atoms with Gasteiger partial charge in [0.1, 0.15) is 6.54 Å². The van der Waals surface area contributed by atoms with Crippen molar-refractivity contribution < 1.29 is 18.0 Å². The fourth-order valence-electron chi connectivity index (χ4n) is 4.56. The van der Waals surface area contributed by atoms with Gasteiger partial charge >= 0.3 is 6.03 Å². The fourth-order valence-corrected chi connectivity index (χ4v) is 6.69. The first-order valence-corrected chi connectivity index (χ1v) is 12.3. The summed E-state index contributed by atoms with van der Waals surface area (Å²) in [5.74, 6) is -0.303. The molecule has 2 atom stereocenters. The first kappa shape index (κ1) is 20.5. The minimum absolute atomic E-state index is 0.0778.